The normalized spacial score (nSPS) is 50.3. The summed E-state index contributed by atoms with van der Waals surface area (Å²) in [5.74, 6) is 5.11. The standard InChI is InChI=1S/C30H40S/c1-19-14-16-22-23-17-15-20-8-2-3-9-21(20)29(23)30(26(22)18-19)24-10-4-6-12-27(24)31-28-13-7-5-11-25(28)30/h14-18,22-29H,2-13H2,1H3. The first kappa shape index (κ1) is 19.7. The lowest BCUT2D eigenvalue weighted by Crippen LogP contribution is -2.58. The molecule has 1 heteroatoms. The van der Waals surface area contributed by atoms with Crippen molar-refractivity contribution in [3.05, 3.63) is 47.1 Å². The molecule has 7 aliphatic rings. The number of hydrogen-bond acceptors (Lipinski definition) is 1. The third kappa shape index (κ3) is 2.68. The van der Waals surface area contributed by atoms with Gasteiger partial charge in [-0.1, -0.05) is 67.2 Å². The molecule has 4 fully saturated rings. The molecule has 1 saturated heterocycles. The first-order chi connectivity index (χ1) is 15.3. The van der Waals surface area contributed by atoms with Crippen LogP contribution in [0.5, 0.6) is 0 Å². The van der Waals surface area contributed by atoms with Crippen LogP contribution in [-0.4, -0.2) is 10.5 Å². The van der Waals surface area contributed by atoms with Crippen LogP contribution in [0.25, 0.3) is 0 Å². The SMILES string of the molecule is CC1=CC2C(C=C1)C1C=CC3=C(CCCC3)C1C21C2CCCCC2SC2CCCCC21. The lowest BCUT2D eigenvalue weighted by Gasteiger charge is -2.63. The highest BCUT2D eigenvalue weighted by Crippen LogP contribution is 2.74. The van der Waals surface area contributed by atoms with Gasteiger partial charge in [-0.3, -0.25) is 0 Å². The topological polar surface area (TPSA) is 0 Å². The van der Waals surface area contributed by atoms with Crippen molar-refractivity contribution in [3.8, 4) is 0 Å². The van der Waals surface area contributed by atoms with Gasteiger partial charge in [0.2, 0.25) is 0 Å². The van der Waals surface area contributed by atoms with Crippen LogP contribution < -0.4 is 0 Å². The summed E-state index contributed by atoms with van der Waals surface area (Å²) in [6.07, 6.45) is 31.0. The minimum absolute atomic E-state index is 0.547. The Hall–Kier alpha value is -0.690. The lowest BCUT2D eigenvalue weighted by molar-refractivity contribution is -0.0376. The Morgan fingerprint density at radius 2 is 1.45 bits per heavy atom. The highest BCUT2D eigenvalue weighted by molar-refractivity contribution is 8.00. The van der Waals surface area contributed by atoms with E-state index in [-0.39, 0.29) is 0 Å². The van der Waals surface area contributed by atoms with E-state index in [2.05, 4.69) is 49.1 Å². The molecule has 0 aromatic carbocycles. The summed E-state index contributed by atoms with van der Waals surface area (Å²) < 4.78 is 0. The molecule has 6 aliphatic carbocycles. The number of rotatable bonds is 0. The third-order valence-corrected chi connectivity index (χ3v) is 12.7. The third-order valence-electron chi connectivity index (χ3n) is 10.9. The zero-order valence-electron chi connectivity index (χ0n) is 19.4. The quantitative estimate of drug-likeness (QED) is 0.371. The minimum Gasteiger partial charge on any atom is -0.155 e. The molecule has 0 aromatic heterocycles. The van der Waals surface area contributed by atoms with Gasteiger partial charge < -0.3 is 0 Å². The molecule has 7 rings (SSSR count). The Morgan fingerprint density at radius 1 is 0.774 bits per heavy atom. The zero-order valence-corrected chi connectivity index (χ0v) is 20.2. The number of allylic oxidation sites excluding steroid dienone is 8. The smallest absolute Gasteiger partial charge is 0.00840 e. The van der Waals surface area contributed by atoms with E-state index in [9.17, 15) is 0 Å². The Labute approximate surface area is 194 Å². The second-order valence-corrected chi connectivity index (χ2v) is 13.5. The van der Waals surface area contributed by atoms with Crippen LogP contribution in [0, 0.1) is 40.9 Å². The number of thioether (sulfide) groups is 1. The average Bonchev–Trinajstić information content (AvgIpc) is 3.10. The molecule has 166 valence electrons. The van der Waals surface area contributed by atoms with Crippen molar-refractivity contribution >= 4 is 11.8 Å². The molecule has 1 heterocycles. The minimum atomic E-state index is 0.547. The maximum Gasteiger partial charge on any atom is 0.00840 e. The van der Waals surface area contributed by atoms with Gasteiger partial charge in [-0.05, 0) is 105 Å². The first-order valence-electron chi connectivity index (χ1n) is 13.7. The molecule has 8 atom stereocenters. The van der Waals surface area contributed by atoms with Crippen LogP contribution in [0.15, 0.2) is 47.1 Å². The van der Waals surface area contributed by atoms with E-state index in [1.165, 1.54) is 77.0 Å². The van der Waals surface area contributed by atoms with Crippen molar-refractivity contribution in [3.63, 3.8) is 0 Å². The Balaban J connectivity index is 1.47. The summed E-state index contributed by atoms with van der Waals surface area (Å²) >= 11 is 2.50. The predicted octanol–water partition coefficient (Wildman–Crippen LogP) is 8.27. The van der Waals surface area contributed by atoms with Gasteiger partial charge in [-0.25, -0.2) is 0 Å². The van der Waals surface area contributed by atoms with Gasteiger partial charge in [-0.15, -0.1) is 0 Å². The van der Waals surface area contributed by atoms with Crippen molar-refractivity contribution in [1.82, 2.24) is 0 Å². The Bertz CT molecular complexity index is 849. The van der Waals surface area contributed by atoms with E-state index in [1.807, 2.05) is 5.57 Å². The lowest BCUT2D eigenvalue weighted by atomic mass is 9.48. The molecule has 8 unspecified atom stereocenters. The van der Waals surface area contributed by atoms with Crippen LogP contribution >= 0.6 is 11.8 Å². The molecule has 1 spiro atoms. The number of hydrogen-bond donors (Lipinski definition) is 0. The van der Waals surface area contributed by atoms with Crippen LogP contribution in [0.4, 0.5) is 0 Å². The molecule has 0 amide bonds. The monoisotopic (exact) mass is 432 g/mol. The van der Waals surface area contributed by atoms with Crippen molar-refractivity contribution in [2.75, 3.05) is 0 Å². The summed E-state index contributed by atoms with van der Waals surface area (Å²) in [6, 6.07) is 0. The molecule has 0 N–H and O–H groups in total. The molecule has 0 aromatic rings. The predicted molar refractivity (Wildman–Crippen MR) is 133 cm³/mol. The van der Waals surface area contributed by atoms with Crippen molar-refractivity contribution in [2.45, 2.75) is 94.5 Å². The van der Waals surface area contributed by atoms with Gasteiger partial charge in [0.25, 0.3) is 0 Å². The molecule has 3 saturated carbocycles. The van der Waals surface area contributed by atoms with Gasteiger partial charge in [0, 0.05) is 10.5 Å². The Kier molecular flexibility index (Phi) is 4.72. The van der Waals surface area contributed by atoms with Crippen molar-refractivity contribution in [2.24, 2.45) is 40.9 Å². The van der Waals surface area contributed by atoms with Crippen molar-refractivity contribution < 1.29 is 0 Å². The zero-order chi connectivity index (χ0) is 20.6. The van der Waals surface area contributed by atoms with E-state index in [0.717, 1.165) is 46.0 Å². The Morgan fingerprint density at radius 3 is 2.23 bits per heavy atom. The van der Waals surface area contributed by atoms with Gasteiger partial charge in [0.05, 0.1) is 0 Å². The molecule has 0 bridgehead atoms. The fraction of sp³-hybridized carbons (Fsp3) is 0.733. The van der Waals surface area contributed by atoms with Crippen molar-refractivity contribution in [1.29, 1.82) is 0 Å². The van der Waals surface area contributed by atoms with E-state index < -0.39 is 0 Å². The fourth-order valence-electron chi connectivity index (χ4n) is 10.1. The van der Waals surface area contributed by atoms with Crippen LogP contribution in [0.1, 0.15) is 84.0 Å². The van der Waals surface area contributed by atoms with E-state index in [4.69, 9.17) is 0 Å². The van der Waals surface area contributed by atoms with E-state index in [1.54, 1.807) is 11.1 Å². The molecule has 0 nitrogen and oxygen atoms in total. The maximum absolute atomic E-state index is 2.81. The summed E-state index contributed by atoms with van der Waals surface area (Å²) in [5.41, 5.74) is 5.85. The van der Waals surface area contributed by atoms with Crippen LogP contribution in [0.2, 0.25) is 0 Å². The van der Waals surface area contributed by atoms with Crippen LogP contribution in [0.3, 0.4) is 0 Å². The summed E-state index contributed by atoms with van der Waals surface area (Å²) in [4.78, 5) is 0. The maximum atomic E-state index is 2.81. The molecular formula is C30H40S. The summed E-state index contributed by atoms with van der Waals surface area (Å²) in [7, 11) is 0. The molecule has 31 heavy (non-hydrogen) atoms. The van der Waals surface area contributed by atoms with Gasteiger partial charge in [0.1, 0.15) is 0 Å². The highest BCUT2D eigenvalue weighted by Gasteiger charge is 2.69. The second kappa shape index (κ2) is 7.41. The van der Waals surface area contributed by atoms with E-state index >= 15 is 0 Å². The van der Waals surface area contributed by atoms with Crippen LogP contribution in [-0.2, 0) is 0 Å². The van der Waals surface area contributed by atoms with Gasteiger partial charge in [0.15, 0.2) is 0 Å². The number of fused-ring (bicyclic) bond motifs is 10. The first-order valence-corrected chi connectivity index (χ1v) is 14.6. The molecular weight excluding hydrogens is 392 g/mol. The average molecular weight is 433 g/mol. The molecule has 0 radical (unpaired) electrons. The second-order valence-electron chi connectivity index (χ2n) is 12.0. The largest absolute Gasteiger partial charge is 0.155 e. The van der Waals surface area contributed by atoms with Gasteiger partial charge in [-0.2, -0.15) is 11.8 Å². The summed E-state index contributed by atoms with van der Waals surface area (Å²) in [5, 5.41) is 1.90. The molecule has 1 aliphatic heterocycles. The summed E-state index contributed by atoms with van der Waals surface area (Å²) in [6.45, 7) is 2.39. The fourth-order valence-corrected chi connectivity index (χ4v) is 12.2. The van der Waals surface area contributed by atoms with Gasteiger partial charge >= 0.3 is 0 Å². The highest BCUT2D eigenvalue weighted by atomic mass is 32.2. The van der Waals surface area contributed by atoms with E-state index in [0.29, 0.717) is 5.41 Å².